The van der Waals surface area contributed by atoms with Gasteiger partial charge in [0, 0.05) is 5.92 Å². The van der Waals surface area contributed by atoms with Crippen molar-refractivity contribution in [3.05, 3.63) is 96.1 Å². The van der Waals surface area contributed by atoms with Crippen LogP contribution in [0.3, 0.4) is 0 Å². The molecule has 2 aromatic carbocycles. The van der Waals surface area contributed by atoms with E-state index in [2.05, 4.69) is 72.1 Å². The van der Waals surface area contributed by atoms with Crippen LogP contribution in [0.1, 0.15) is 29.9 Å². The summed E-state index contributed by atoms with van der Waals surface area (Å²) >= 11 is 1.65. The summed E-state index contributed by atoms with van der Waals surface area (Å²) in [5.41, 5.74) is 1.99. The molecule has 3 nitrogen and oxygen atoms in total. The Morgan fingerprint density at radius 1 is 0.964 bits per heavy atom. The van der Waals surface area contributed by atoms with E-state index in [4.69, 9.17) is 4.99 Å². The quantitative estimate of drug-likeness (QED) is 0.829. The maximum absolute atomic E-state index is 13.4. The molecule has 140 valence electrons. The van der Waals surface area contributed by atoms with Crippen LogP contribution in [0.25, 0.3) is 0 Å². The van der Waals surface area contributed by atoms with E-state index in [0.29, 0.717) is 5.25 Å². The predicted octanol–water partition coefficient (Wildman–Crippen LogP) is 4.68. The van der Waals surface area contributed by atoms with Crippen LogP contribution in [0, 0.1) is 5.41 Å². The monoisotopic (exact) mass is 386 g/mol. The van der Waals surface area contributed by atoms with Gasteiger partial charge in [0.05, 0.1) is 16.7 Å². The number of carbonyl (C=O) groups excluding carboxylic acids is 1. The highest BCUT2D eigenvalue weighted by Gasteiger charge is 2.56. The number of fused-ring (bicyclic) bond motifs is 1. The minimum absolute atomic E-state index is 0.0592. The molecule has 1 saturated carbocycles. The number of thioether (sulfide) groups is 1. The van der Waals surface area contributed by atoms with Crippen molar-refractivity contribution in [2.24, 2.45) is 10.4 Å². The van der Waals surface area contributed by atoms with E-state index in [1.807, 2.05) is 18.2 Å². The molecular formula is C24H22N2OS. The lowest BCUT2D eigenvalue weighted by Gasteiger charge is -2.27. The van der Waals surface area contributed by atoms with Gasteiger partial charge >= 0.3 is 0 Å². The number of aliphatic imine (C=N–C) groups is 1. The minimum atomic E-state index is -0.398. The molecule has 1 aliphatic heterocycles. The Morgan fingerprint density at radius 3 is 2.14 bits per heavy atom. The Bertz CT molecular complexity index is 921. The molecule has 2 aliphatic carbocycles. The third-order valence-electron chi connectivity index (χ3n) is 5.85. The molecule has 1 N–H and O–H groups in total. The summed E-state index contributed by atoms with van der Waals surface area (Å²) in [5.74, 6) is 0.159. The van der Waals surface area contributed by atoms with Crippen molar-refractivity contribution in [1.29, 1.82) is 0 Å². The number of benzene rings is 2. The van der Waals surface area contributed by atoms with Crippen LogP contribution in [-0.4, -0.2) is 22.4 Å². The fourth-order valence-corrected chi connectivity index (χ4v) is 5.33. The van der Waals surface area contributed by atoms with Crippen LogP contribution in [-0.2, 0) is 4.79 Å². The molecule has 0 radical (unpaired) electrons. The van der Waals surface area contributed by atoms with Crippen molar-refractivity contribution in [3.8, 4) is 0 Å². The number of hydrogen-bond acceptors (Lipinski definition) is 3. The average molecular weight is 387 g/mol. The molecule has 4 heteroatoms. The minimum Gasteiger partial charge on any atom is -0.305 e. The van der Waals surface area contributed by atoms with Gasteiger partial charge in [0.15, 0.2) is 5.17 Å². The third-order valence-corrected chi connectivity index (χ3v) is 6.99. The van der Waals surface area contributed by atoms with Crippen LogP contribution >= 0.6 is 11.8 Å². The van der Waals surface area contributed by atoms with Crippen molar-refractivity contribution in [1.82, 2.24) is 5.32 Å². The molecule has 1 fully saturated rings. The van der Waals surface area contributed by atoms with Gasteiger partial charge in [-0.2, -0.15) is 0 Å². The van der Waals surface area contributed by atoms with Gasteiger partial charge < -0.3 is 5.32 Å². The van der Waals surface area contributed by atoms with Gasteiger partial charge in [-0.3, -0.25) is 9.79 Å². The molecule has 2 aromatic rings. The molecule has 28 heavy (non-hydrogen) atoms. The summed E-state index contributed by atoms with van der Waals surface area (Å²) in [5, 5.41) is 4.22. The highest BCUT2D eigenvalue weighted by atomic mass is 32.2. The van der Waals surface area contributed by atoms with Crippen molar-refractivity contribution >= 4 is 22.8 Å². The Balaban J connectivity index is 1.43. The smallest absolute Gasteiger partial charge is 0.233 e. The van der Waals surface area contributed by atoms with Crippen molar-refractivity contribution in [3.63, 3.8) is 0 Å². The Morgan fingerprint density at radius 2 is 1.57 bits per heavy atom. The van der Waals surface area contributed by atoms with Gasteiger partial charge in [-0.15, -0.1) is 0 Å². The zero-order valence-electron chi connectivity index (χ0n) is 15.5. The number of carbonyl (C=O) groups is 1. The van der Waals surface area contributed by atoms with E-state index in [9.17, 15) is 4.79 Å². The second-order valence-corrected chi connectivity index (χ2v) is 8.81. The largest absolute Gasteiger partial charge is 0.305 e. The summed E-state index contributed by atoms with van der Waals surface area (Å²) in [7, 11) is 0. The first-order chi connectivity index (χ1) is 13.8. The van der Waals surface area contributed by atoms with E-state index in [1.54, 1.807) is 11.8 Å². The summed E-state index contributed by atoms with van der Waals surface area (Å²) < 4.78 is 0. The second-order valence-electron chi connectivity index (χ2n) is 7.64. The Kier molecular flexibility index (Phi) is 4.44. The van der Waals surface area contributed by atoms with E-state index in [1.165, 1.54) is 11.1 Å². The average Bonchev–Trinajstić information content (AvgIpc) is 3.43. The van der Waals surface area contributed by atoms with Crippen LogP contribution < -0.4 is 5.32 Å². The summed E-state index contributed by atoms with van der Waals surface area (Å²) in [6, 6.07) is 21.0. The first kappa shape index (κ1) is 17.5. The molecule has 0 aromatic heterocycles. The zero-order chi connectivity index (χ0) is 19.0. The molecule has 2 unspecified atom stereocenters. The predicted molar refractivity (Wildman–Crippen MR) is 115 cm³/mol. The van der Waals surface area contributed by atoms with Crippen LogP contribution in [0.15, 0.2) is 90.0 Å². The molecule has 0 spiro atoms. The van der Waals surface area contributed by atoms with Crippen molar-refractivity contribution < 1.29 is 4.79 Å². The zero-order valence-corrected chi connectivity index (χ0v) is 16.3. The van der Waals surface area contributed by atoms with Crippen LogP contribution in [0.5, 0.6) is 0 Å². The number of amidine groups is 1. The number of allylic oxidation sites excluding steroid dienone is 2. The molecule has 5 rings (SSSR count). The van der Waals surface area contributed by atoms with Crippen molar-refractivity contribution in [2.45, 2.75) is 30.1 Å². The SMILES string of the molecule is O=C(NC1=NC2C=CC=CC2S1)C1(C(c2ccccc2)c2ccccc2)CC1. The lowest BCUT2D eigenvalue weighted by molar-refractivity contribution is -0.125. The second kappa shape index (κ2) is 7.10. The summed E-state index contributed by atoms with van der Waals surface area (Å²) in [6.45, 7) is 0. The molecule has 2 atom stereocenters. The molecule has 0 saturated heterocycles. The summed E-state index contributed by atoms with van der Waals surface area (Å²) in [6.07, 6.45) is 10.1. The lowest BCUT2D eigenvalue weighted by atomic mass is 9.77. The van der Waals surface area contributed by atoms with E-state index in [0.717, 1.165) is 18.0 Å². The first-order valence-electron chi connectivity index (χ1n) is 9.77. The van der Waals surface area contributed by atoms with Crippen molar-refractivity contribution in [2.75, 3.05) is 0 Å². The Hall–Kier alpha value is -2.59. The molecule has 0 bridgehead atoms. The lowest BCUT2D eigenvalue weighted by Crippen LogP contribution is -2.38. The fourth-order valence-electron chi connectivity index (χ4n) is 4.28. The summed E-state index contributed by atoms with van der Waals surface area (Å²) in [4.78, 5) is 18.1. The van der Waals surface area contributed by atoms with Gasteiger partial charge in [0.1, 0.15) is 0 Å². The van der Waals surface area contributed by atoms with E-state index < -0.39 is 5.41 Å². The number of nitrogens with zero attached hydrogens (tertiary/aromatic N) is 1. The van der Waals surface area contributed by atoms with Gasteiger partial charge in [-0.25, -0.2) is 0 Å². The molecular weight excluding hydrogens is 364 g/mol. The van der Waals surface area contributed by atoms with Gasteiger partial charge in [0.25, 0.3) is 0 Å². The van der Waals surface area contributed by atoms with E-state index in [-0.39, 0.29) is 17.9 Å². The number of amides is 1. The van der Waals surface area contributed by atoms with Gasteiger partial charge in [0.2, 0.25) is 5.91 Å². The van der Waals surface area contributed by atoms with Gasteiger partial charge in [-0.05, 0) is 24.0 Å². The first-order valence-corrected chi connectivity index (χ1v) is 10.6. The highest BCUT2D eigenvalue weighted by Crippen LogP contribution is 2.58. The maximum atomic E-state index is 13.4. The molecule has 1 heterocycles. The number of rotatable bonds is 4. The highest BCUT2D eigenvalue weighted by molar-refractivity contribution is 8.14. The third kappa shape index (κ3) is 3.12. The topological polar surface area (TPSA) is 41.5 Å². The normalized spacial score (nSPS) is 24.0. The molecule has 1 amide bonds. The standard InChI is InChI=1S/C24H22N2OS/c27-22(26-23-25-19-13-7-8-14-20(19)28-23)24(15-16-24)21(17-9-3-1-4-10-17)18-11-5-2-6-12-18/h1-14,19-21H,15-16H2,(H,25,26,27). The molecule has 3 aliphatic rings. The number of hydrogen-bond donors (Lipinski definition) is 1. The Labute approximate surface area is 169 Å². The van der Waals surface area contributed by atoms with Crippen LogP contribution in [0.2, 0.25) is 0 Å². The maximum Gasteiger partial charge on any atom is 0.233 e. The number of nitrogens with one attached hydrogen (secondary N) is 1. The van der Waals surface area contributed by atoms with Crippen LogP contribution in [0.4, 0.5) is 0 Å². The van der Waals surface area contributed by atoms with Gasteiger partial charge in [-0.1, -0.05) is 96.7 Å². The fraction of sp³-hybridized carbons (Fsp3) is 0.250. The van der Waals surface area contributed by atoms with E-state index >= 15 is 0 Å².